The first-order chi connectivity index (χ1) is 13.0. The lowest BCUT2D eigenvalue weighted by Crippen LogP contribution is -2.41. The van der Waals surface area contributed by atoms with Crippen LogP contribution in [0.2, 0.25) is 0 Å². The Kier molecular flexibility index (Phi) is 5.56. The van der Waals surface area contributed by atoms with Crippen molar-refractivity contribution in [2.75, 3.05) is 27.9 Å². The van der Waals surface area contributed by atoms with Crippen LogP contribution >= 0.6 is 0 Å². The summed E-state index contributed by atoms with van der Waals surface area (Å²) in [5.74, 6) is -3.53. The lowest BCUT2D eigenvalue weighted by atomic mass is 10.00. The van der Waals surface area contributed by atoms with Gasteiger partial charge in [0.2, 0.25) is 11.7 Å². The van der Waals surface area contributed by atoms with Crippen LogP contribution in [0.4, 0.5) is 0 Å². The topological polar surface area (TPSA) is 111 Å². The molecule has 2 fully saturated rings. The van der Waals surface area contributed by atoms with Crippen LogP contribution in [0, 0.1) is 0 Å². The molecule has 3 heterocycles. The minimum absolute atomic E-state index is 0.101. The van der Waals surface area contributed by atoms with Gasteiger partial charge in [-0.1, -0.05) is 0 Å². The van der Waals surface area contributed by atoms with Crippen molar-refractivity contribution < 1.29 is 38.3 Å². The monoisotopic (exact) mass is 400 g/mol. The van der Waals surface area contributed by atoms with Gasteiger partial charge < -0.3 is 38.3 Å². The van der Waals surface area contributed by atoms with Crippen LogP contribution in [-0.2, 0) is 29.5 Å². The van der Waals surface area contributed by atoms with E-state index < -0.39 is 35.7 Å². The molecule has 0 radical (unpaired) electrons. The van der Waals surface area contributed by atoms with Crippen molar-refractivity contribution in [3.05, 3.63) is 11.8 Å². The Morgan fingerprint density at radius 2 is 1.86 bits per heavy atom. The summed E-state index contributed by atoms with van der Waals surface area (Å²) >= 11 is 0. The predicted octanol–water partition coefficient (Wildman–Crippen LogP) is 0.957. The molecule has 10 nitrogen and oxygen atoms in total. The van der Waals surface area contributed by atoms with Gasteiger partial charge in [-0.3, -0.25) is 0 Å². The Hall–Kier alpha value is -1.56. The summed E-state index contributed by atoms with van der Waals surface area (Å²) in [6.45, 7) is 7.21. The standard InChI is InChI=1S/C18H28N2O8/c1-16(2,24-7)25-9-11-12-13(28-17(3,4)27-12)18(21,26-11)10-8-19-15(23-6)20-14(10)22-5/h8,11-13,21H,9H2,1-7H3/t11-,12-,13-,18?/m1/s1. The molecule has 1 unspecified atom stereocenters. The normalized spacial score (nSPS) is 31.6. The molecule has 3 rings (SSSR count). The van der Waals surface area contributed by atoms with E-state index in [0.29, 0.717) is 0 Å². The average Bonchev–Trinajstić information content (AvgIpc) is 3.12. The highest BCUT2D eigenvalue weighted by Gasteiger charge is 2.64. The van der Waals surface area contributed by atoms with E-state index in [2.05, 4.69) is 9.97 Å². The average molecular weight is 400 g/mol. The maximum Gasteiger partial charge on any atom is 0.319 e. The number of ether oxygens (including phenoxy) is 7. The maximum absolute atomic E-state index is 11.5. The van der Waals surface area contributed by atoms with Gasteiger partial charge in [-0.25, -0.2) is 4.98 Å². The molecule has 1 aromatic heterocycles. The Labute approximate surface area is 164 Å². The number of fused-ring (bicyclic) bond motifs is 1. The molecule has 28 heavy (non-hydrogen) atoms. The molecular formula is C18H28N2O8. The molecular weight excluding hydrogens is 372 g/mol. The first kappa shape index (κ1) is 21.2. The van der Waals surface area contributed by atoms with Crippen LogP contribution in [0.5, 0.6) is 11.9 Å². The van der Waals surface area contributed by atoms with Gasteiger partial charge in [0.15, 0.2) is 11.6 Å². The summed E-state index contributed by atoms with van der Waals surface area (Å²) in [5.41, 5.74) is 0.209. The molecule has 158 valence electrons. The van der Waals surface area contributed by atoms with E-state index in [4.69, 9.17) is 33.2 Å². The van der Waals surface area contributed by atoms with Gasteiger partial charge in [-0.2, -0.15) is 4.98 Å². The minimum Gasteiger partial charge on any atom is -0.480 e. The van der Waals surface area contributed by atoms with Crippen LogP contribution in [-0.4, -0.2) is 72.9 Å². The molecule has 0 bridgehead atoms. The lowest BCUT2D eigenvalue weighted by molar-refractivity contribution is -0.294. The third-order valence-electron chi connectivity index (χ3n) is 4.79. The van der Waals surface area contributed by atoms with Crippen LogP contribution in [0.1, 0.15) is 33.3 Å². The smallest absolute Gasteiger partial charge is 0.319 e. The molecule has 2 saturated heterocycles. The van der Waals surface area contributed by atoms with Gasteiger partial charge in [0.05, 0.1) is 26.4 Å². The van der Waals surface area contributed by atoms with E-state index in [1.54, 1.807) is 34.8 Å². The fourth-order valence-electron chi connectivity index (χ4n) is 3.27. The number of hydrogen-bond donors (Lipinski definition) is 1. The first-order valence-corrected chi connectivity index (χ1v) is 8.95. The van der Waals surface area contributed by atoms with Crippen molar-refractivity contribution in [2.45, 2.75) is 63.4 Å². The summed E-state index contributed by atoms with van der Waals surface area (Å²) in [5, 5.41) is 11.5. The van der Waals surface area contributed by atoms with E-state index in [1.807, 2.05) is 0 Å². The molecule has 2 aliphatic rings. The zero-order valence-electron chi connectivity index (χ0n) is 17.2. The molecule has 0 amide bonds. The highest BCUT2D eigenvalue weighted by molar-refractivity contribution is 5.33. The Balaban J connectivity index is 1.94. The second-order valence-electron chi connectivity index (χ2n) is 7.57. The van der Waals surface area contributed by atoms with E-state index in [-0.39, 0.29) is 24.1 Å². The fourth-order valence-corrected chi connectivity index (χ4v) is 3.27. The van der Waals surface area contributed by atoms with Gasteiger partial charge in [0.25, 0.3) is 0 Å². The molecule has 0 aromatic carbocycles. The van der Waals surface area contributed by atoms with Crippen molar-refractivity contribution >= 4 is 0 Å². The zero-order chi connectivity index (χ0) is 20.7. The maximum atomic E-state index is 11.5. The number of nitrogens with zero attached hydrogens (tertiary/aromatic N) is 2. The second-order valence-corrected chi connectivity index (χ2v) is 7.57. The Bertz CT molecular complexity index is 713. The molecule has 4 atom stereocenters. The minimum atomic E-state index is -1.90. The number of methoxy groups -OCH3 is 3. The Morgan fingerprint density at radius 3 is 2.46 bits per heavy atom. The summed E-state index contributed by atoms with van der Waals surface area (Å²) in [6.07, 6.45) is -0.663. The summed E-state index contributed by atoms with van der Waals surface area (Å²) in [7, 11) is 4.41. The quantitative estimate of drug-likeness (QED) is 0.664. The van der Waals surface area contributed by atoms with Crippen molar-refractivity contribution in [1.29, 1.82) is 0 Å². The van der Waals surface area contributed by atoms with E-state index in [0.717, 1.165) is 0 Å². The highest BCUT2D eigenvalue weighted by Crippen LogP contribution is 2.49. The van der Waals surface area contributed by atoms with Crippen molar-refractivity contribution in [3.8, 4) is 11.9 Å². The number of hydrogen-bond acceptors (Lipinski definition) is 10. The molecule has 10 heteroatoms. The van der Waals surface area contributed by atoms with E-state index in [1.165, 1.54) is 20.4 Å². The largest absolute Gasteiger partial charge is 0.480 e. The molecule has 0 aliphatic carbocycles. The van der Waals surface area contributed by atoms with Crippen LogP contribution < -0.4 is 9.47 Å². The van der Waals surface area contributed by atoms with Crippen molar-refractivity contribution in [2.24, 2.45) is 0 Å². The first-order valence-electron chi connectivity index (χ1n) is 8.95. The van der Waals surface area contributed by atoms with Crippen LogP contribution in [0.3, 0.4) is 0 Å². The molecule has 1 N–H and O–H groups in total. The number of aromatic nitrogens is 2. The Morgan fingerprint density at radius 1 is 1.14 bits per heavy atom. The van der Waals surface area contributed by atoms with Crippen LogP contribution in [0.25, 0.3) is 0 Å². The van der Waals surface area contributed by atoms with Crippen molar-refractivity contribution in [1.82, 2.24) is 9.97 Å². The molecule has 0 spiro atoms. The SMILES string of the molecule is COc1ncc(C2(O)O[C@H](COC(C)(C)OC)[C@H]3OC(C)(C)O[C@H]32)c(OC)n1. The number of aliphatic hydroxyl groups is 1. The van der Waals surface area contributed by atoms with E-state index >= 15 is 0 Å². The third kappa shape index (κ3) is 3.80. The summed E-state index contributed by atoms with van der Waals surface area (Å²) in [6, 6.07) is 0.101. The van der Waals surface area contributed by atoms with Gasteiger partial charge in [0, 0.05) is 13.3 Å². The fraction of sp³-hybridized carbons (Fsp3) is 0.778. The van der Waals surface area contributed by atoms with Crippen LogP contribution in [0.15, 0.2) is 6.20 Å². The summed E-state index contributed by atoms with van der Waals surface area (Å²) in [4.78, 5) is 8.20. The summed E-state index contributed by atoms with van der Waals surface area (Å²) < 4.78 is 39.3. The molecule has 0 saturated carbocycles. The second kappa shape index (κ2) is 7.36. The van der Waals surface area contributed by atoms with Gasteiger partial charge in [-0.15, -0.1) is 0 Å². The van der Waals surface area contributed by atoms with Gasteiger partial charge in [-0.05, 0) is 27.7 Å². The third-order valence-corrected chi connectivity index (χ3v) is 4.79. The lowest BCUT2D eigenvalue weighted by Gasteiger charge is -2.31. The van der Waals surface area contributed by atoms with Crippen molar-refractivity contribution in [3.63, 3.8) is 0 Å². The van der Waals surface area contributed by atoms with E-state index in [9.17, 15) is 5.11 Å². The molecule has 1 aromatic rings. The molecule has 2 aliphatic heterocycles. The van der Waals surface area contributed by atoms with Gasteiger partial charge in [0.1, 0.15) is 18.3 Å². The number of rotatable bonds is 7. The highest BCUT2D eigenvalue weighted by atomic mass is 16.8. The zero-order valence-corrected chi connectivity index (χ0v) is 17.2. The van der Waals surface area contributed by atoms with Gasteiger partial charge >= 0.3 is 6.01 Å². The predicted molar refractivity (Wildman–Crippen MR) is 94.8 cm³/mol.